The van der Waals surface area contributed by atoms with Gasteiger partial charge in [-0.3, -0.25) is 0 Å². The van der Waals surface area contributed by atoms with Gasteiger partial charge >= 0.3 is 0 Å². The third-order valence-electron chi connectivity index (χ3n) is 5.37. The maximum absolute atomic E-state index is 2.38. The molecule has 170 valence electrons. The van der Waals surface area contributed by atoms with E-state index >= 15 is 0 Å². The number of benzene rings is 1. The van der Waals surface area contributed by atoms with Crippen molar-refractivity contribution in [1.82, 2.24) is 0 Å². The zero-order chi connectivity index (χ0) is 22.2. The van der Waals surface area contributed by atoms with Crippen molar-refractivity contribution in [2.75, 3.05) is 30.5 Å². The minimum Gasteiger partial charge on any atom is -0.378 e. The molecule has 1 heterocycles. The summed E-state index contributed by atoms with van der Waals surface area (Å²) in [7, 11) is 8.30. The van der Waals surface area contributed by atoms with Crippen LogP contribution in [0.2, 0.25) is 0 Å². The first kappa shape index (κ1) is 25.9. The van der Waals surface area contributed by atoms with E-state index in [9.17, 15) is 0 Å². The maximum Gasteiger partial charge on any atom is 0.205 e. The molecule has 0 atom stereocenters. The summed E-state index contributed by atoms with van der Waals surface area (Å²) in [5.74, 6) is 2.63. The van der Waals surface area contributed by atoms with Crippen molar-refractivity contribution in [2.24, 2.45) is 0 Å². The van der Waals surface area contributed by atoms with Gasteiger partial charge in [0.25, 0.3) is 0 Å². The van der Waals surface area contributed by atoms with Gasteiger partial charge in [-0.05, 0) is 49.1 Å². The highest BCUT2D eigenvalue weighted by Crippen LogP contribution is 2.24. The summed E-state index contributed by atoms with van der Waals surface area (Å²) in [6, 6.07) is 15.2. The third-order valence-corrected chi connectivity index (χ3v) is 7.95. The van der Waals surface area contributed by atoms with E-state index in [1.54, 1.807) is 0 Å². The highest BCUT2D eigenvalue weighted by atomic mass is 33.1. The molecular weight excluding hydrogens is 416 g/mol. The van der Waals surface area contributed by atoms with Crippen LogP contribution in [-0.2, 0) is 6.54 Å². The molecule has 0 aliphatic rings. The van der Waals surface area contributed by atoms with E-state index in [1.165, 1.54) is 79.8 Å². The number of aromatic nitrogens is 1. The minimum absolute atomic E-state index is 1.10. The van der Waals surface area contributed by atoms with Gasteiger partial charge in [0, 0.05) is 55.9 Å². The summed E-state index contributed by atoms with van der Waals surface area (Å²) >= 11 is 0. The Morgan fingerprint density at radius 2 is 1.45 bits per heavy atom. The van der Waals surface area contributed by atoms with Crippen LogP contribution in [-0.4, -0.2) is 25.6 Å². The van der Waals surface area contributed by atoms with E-state index < -0.39 is 0 Å². The predicted molar refractivity (Wildman–Crippen MR) is 144 cm³/mol. The molecule has 1 aromatic heterocycles. The fraction of sp³-hybridized carbons (Fsp3) is 0.519. The number of hydrogen-bond donors (Lipinski definition) is 0. The molecule has 4 heteroatoms. The minimum atomic E-state index is 1.10. The van der Waals surface area contributed by atoms with Crippen LogP contribution in [0.4, 0.5) is 5.69 Å². The first-order valence-corrected chi connectivity index (χ1v) is 14.4. The number of hydrogen-bond acceptors (Lipinski definition) is 3. The van der Waals surface area contributed by atoms with Crippen LogP contribution in [0.15, 0.2) is 48.7 Å². The normalized spacial score (nSPS) is 11.3. The molecule has 0 spiro atoms. The SMILES string of the molecule is CCCCCCSSCCCCCC[n+]1ccccc1/C=C/c1ccc(N(C)C)cc1. The molecule has 1 aromatic carbocycles. The lowest BCUT2D eigenvalue weighted by Gasteiger charge is -2.11. The number of nitrogens with zero attached hydrogens (tertiary/aromatic N) is 2. The van der Waals surface area contributed by atoms with E-state index in [2.05, 4.69) is 113 Å². The Hall–Kier alpha value is -1.39. The van der Waals surface area contributed by atoms with Crippen LogP contribution in [0.25, 0.3) is 12.2 Å². The van der Waals surface area contributed by atoms with Gasteiger partial charge in [0.05, 0.1) is 0 Å². The van der Waals surface area contributed by atoms with Crippen LogP contribution in [0, 0.1) is 0 Å². The van der Waals surface area contributed by atoms with Crippen LogP contribution in [0.3, 0.4) is 0 Å². The zero-order valence-corrected chi connectivity index (χ0v) is 21.4. The highest BCUT2D eigenvalue weighted by Gasteiger charge is 2.06. The molecule has 0 radical (unpaired) electrons. The molecule has 0 aliphatic carbocycles. The Bertz CT molecular complexity index is 741. The second-order valence-corrected chi connectivity index (χ2v) is 11.0. The summed E-state index contributed by atoms with van der Waals surface area (Å²) in [4.78, 5) is 2.13. The van der Waals surface area contributed by atoms with Gasteiger partial charge in [0.2, 0.25) is 5.69 Å². The molecule has 0 N–H and O–H groups in total. The average Bonchev–Trinajstić information content (AvgIpc) is 2.79. The Kier molecular flexibility index (Phi) is 13.6. The van der Waals surface area contributed by atoms with E-state index in [0.29, 0.717) is 0 Å². The smallest absolute Gasteiger partial charge is 0.205 e. The second kappa shape index (κ2) is 16.3. The van der Waals surface area contributed by atoms with Crippen LogP contribution >= 0.6 is 21.6 Å². The molecule has 0 fully saturated rings. The van der Waals surface area contributed by atoms with Crippen LogP contribution in [0.1, 0.15) is 69.5 Å². The molecule has 0 aliphatic heterocycles. The molecule has 31 heavy (non-hydrogen) atoms. The highest BCUT2D eigenvalue weighted by molar-refractivity contribution is 8.76. The van der Waals surface area contributed by atoms with Crippen LogP contribution < -0.4 is 9.47 Å². The predicted octanol–water partition coefficient (Wildman–Crippen LogP) is 7.73. The van der Waals surface area contributed by atoms with Gasteiger partial charge in [0.15, 0.2) is 6.20 Å². The van der Waals surface area contributed by atoms with E-state index in [4.69, 9.17) is 0 Å². The maximum atomic E-state index is 2.38. The van der Waals surface area contributed by atoms with E-state index in [0.717, 1.165) is 6.54 Å². The van der Waals surface area contributed by atoms with Crippen molar-refractivity contribution in [1.29, 1.82) is 0 Å². The molecule has 2 aromatic rings. The van der Waals surface area contributed by atoms with E-state index in [1.807, 2.05) is 0 Å². The van der Waals surface area contributed by atoms with Crippen molar-refractivity contribution in [3.05, 3.63) is 59.9 Å². The van der Waals surface area contributed by atoms with Crippen molar-refractivity contribution in [2.45, 2.75) is 64.8 Å². The largest absolute Gasteiger partial charge is 0.378 e. The lowest BCUT2D eigenvalue weighted by Crippen LogP contribution is -2.36. The lowest BCUT2D eigenvalue weighted by molar-refractivity contribution is -0.699. The Balaban J connectivity index is 1.65. The fourth-order valence-corrected chi connectivity index (χ4v) is 5.71. The topological polar surface area (TPSA) is 7.12 Å². The molecular formula is C27H41N2S2+. The average molecular weight is 458 g/mol. The first-order chi connectivity index (χ1) is 15.2. The summed E-state index contributed by atoms with van der Waals surface area (Å²) in [5.41, 5.74) is 3.74. The summed E-state index contributed by atoms with van der Waals surface area (Å²) in [5, 5.41) is 0. The molecule has 0 saturated heterocycles. The van der Waals surface area contributed by atoms with Gasteiger partial charge in [-0.2, -0.15) is 4.57 Å². The van der Waals surface area contributed by atoms with Crippen molar-refractivity contribution < 1.29 is 4.57 Å². The second-order valence-electron chi connectivity index (χ2n) is 8.26. The molecule has 0 saturated carbocycles. The van der Waals surface area contributed by atoms with Crippen molar-refractivity contribution in [3.63, 3.8) is 0 Å². The Morgan fingerprint density at radius 3 is 2.13 bits per heavy atom. The lowest BCUT2D eigenvalue weighted by atomic mass is 10.1. The molecule has 0 unspecified atom stereocenters. The summed E-state index contributed by atoms with van der Waals surface area (Å²) in [6.45, 7) is 3.38. The monoisotopic (exact) mass is 457 g/mol. The Labute approximate surface area is 198 Å². The van der Waals surface area contributed by atoms with E-state index in [-0.39, 0.29) is 0 Å². The quantitative estimate of drug-likeness (QED) is 0.145. The number of rotatable bonds is 16. The molecule has 2 rings (SSSR count). The van der Waals surface area contributed by atoms with Gasteiger partial charge < -0.3 is 4.90 Å². The number of unbranched alkanes of at least 4 members (excludes halogenated alkanes) is 6. The fourth-order valence-electron chi connectivity index (χ4n) is 3.41. The number of aryl methyl sites for hydroxylation is 1. The zero-order valence-electron chi connectivity index (χ0n) is 19.8. The van der Waals surface area contributed by atoms with Gasteiger partial charge in [-0.25, -0.2) is 0 Å². The number of pyridine rings is 1. The molecule has 2 nitrogen and oxygen atoms in total. The van der Waals surface area contributed by atoms with Crippen LogP contribution in [0.5, 0.6) is 0 Å². The summed E-state index contributed by atoms with van der Waals surface area (Å²) in [6.07, 6.45) is 17.4. The number of anilines is 1. The van der Waals surface area contributed by atoms with Crippen molar-refractivity contribution in [3.8, 4) is 0 Å². The molecule has 0 bridgehead atoms. The van der Waals surface area contributed by atoms with Crippen molar-refractivity contribution >= 4 is 39.4 Å². The standard InChI is InChI=1S/C27H41N2S2/c1-4-5-6-12-23-30-31-24-13-8-7-10-21-29-22-11-9-14-27(29)20-17-25-15-18-26(19-16-25)28(2)3/h9,11,14-20,22H,4-8,10,12-13,21,23-24H2,1-3H3/q+1. The van der Waals surface area contributed by atoms with Gasteiger partial charge in [0.1, 0.15) is 6.54 Å². The Morgan fingerprint density at radius 1 is 0.774 bits per heavy atom. The third kappa shape index (κ3) is 11.2. The first-order valence-electron chi connectivity index (χ1n) is 11.9. The van der Waals surface area contributed by atoms with Gasteiger partial charge in [-0.1, -0.05) is 66.3 Å². The molecule has 0 amide bonds. The summed E-state index contributed by atoms with van der Waals surface area (Å²) < 4.78 is 2.38. The van der Waals surface area contributed by atoms with Gasteiger partial charge in [-0.15, -0.1) is 0 Å².